The van der Waals surface area contributed by atoms with Crippen LogP contribution in [0.4, 0.5) is 4.79 Å². The summed E-state index contributed by atoms with van der Waals surface area (Å²) < 4.78 is 5.41. The number of rotatable bonds is 14. The van der Waals surface area contributed by atoms with Crippen molar-refractivity contribution in [3.63, 3.8) is 0 Å². The molecular weight excluding hydrogens is 560 g/mol. The van der Waals surface area contributed by atoms with Crippen molar-refractivity contribution in [3.05, 3.63) is 83.9 Å². The quantitative estimate of drug-likeness (QED) is 0.0815. The number of ether oxygens (including phenoxy) is 1. The van der Waals surface area contributed by atoms with E-state index in [4.69, 9.17) is 16.2 Å². The van der Waals surface area contributed by atoms with Crippen molar-refractivity contribution in [2.24, 2.45) is 16.5 Å². The number of carbonyl (C=O) groups is 4. The molecule has 3 aromatic carbocycles. The first-order valence-corrected chi connectivity index (χ1v) is 14.6. The van der Waals surface area contributed by atoms with Crippen molar-refractivity contribution < 1.29 is 23.9 Å². The fourth-order valence-corrected chi connectivity index (χ4v) is 4.66. The molecule has 3 aromatic rings. The van der Waals surface area contributed by atoms with E-state index in [-0.39, 0.29) is 18.8 Å². The van der Waals surface area contributed by atoms with Gasteiger partial charge in [0, 0.05) is 19.4 Å². The van der Waals surface area contributed by atoms with Gasteiger partial charge in [0.2, 0.25) is 11.8 Å². The molecule has 44 heavy (non-hydrogen) atoms. The lowest BCUT2D eigenvalue weighted by molar-refractivity contribution is -0.131. The number of nitrogens with two attached hydrogens (primary N) is 2. The third-order valence-corrected chi connectivity index (χ3v) is 6.69. The van der Waals surface area contributed by atoms with Crippen LogP contribution in [0, 0.1) is 0 Å². The summed E-state index contributed by atoms with van der Waals surface area (Å²) >= 11 is 0. The number of hydrogen-bond donors (Lipinski definition) is 5. The van der Waals surface area contributed by atoms with Gasteiger partial charge in [-0.05, 0) is 55.5 Å². The third kappa shape index (κ3) is 11.0. The van der Waals surface area contributed by atoms with Crippen LogP contribution in [0.5, 0.6) is 0 Å². The van der Waals surface area contributed by atoms with Gasteiger partial charge in [-0.2, -0.15) is 0 Å². The molecule has 0 spiro atoms. The van der Waals surface area contributed by atoms with Gasteiger partial charge < -0.3 is 36.9 Å². The second kappa shape index (κ2) is 16.1. The van der Waals surface area contributed by atoms with E-state index in [1.807, 2.05) is 72.8 Å². The number of alkyl carbamates (subject to hydrolysis) is 1. The molecule has 7 N–H and O–H groups in total. The lowest BCUT2D eigenvalue weighted by Gasteiger charge is -2.26. The van der Waals surface area contributed by atoms with Gasteiger partial charge in [0.15, 0.2) is 5.96 Å². The minimum atomic E-state index is -1.06. The number of aliphatic imine (C=N–C) groups is 1. The van der Waals surface area contributed by atoms with Gasteiger partial charge in [0.25, 0.3) is 0 Å². The van der Waals surface area contributed by atoms with Gasteiger partial charge in [-0.25, -0.2) is 4.79 Å². The zero-order valence-corrected chi connectivity index (χ0v) is 25.4. The molecule has 11 nitrogen and oxygen atoms in total. The molecule has 0 aliphatic rings. The first-order chi connectivity index (χ1) is 20.9. The molecule has 11 heteroatoms. The molecular formula is C33H42N6O5. The first-order valence-electron chi connectivity index (χ1n) is 14.6. The topological polar surface area (TPSA) is 178 Å². The van der Waals surface area contributed by atoms with Gasteiger partial charge in [0.1, 0.15) is 24.0 Å². The number of hydrogen-bond acceptors (Lipinski definition) is 6. The van der Waals surface area contributed by atoms with Gasteiger partial charge in [0.05, 0.1) is 6.04 Å². The minimum Gasteiger partial charge on any atom is -0.444 e. The van der Waals surface area contributed by atoms with Gasteiger partial charge in [-0.1, -0.05) is 72.8 Å². The standard InChI is InChI=1S/C33H42N6O5/c1-33(2,3)44-32(43)39-27(19-22-11-5-4-6-12-22)30(42)38-28(20-24-15-9-14-23-13-7-8-17-26(23)24)29(41)37-25(21-40)16-10-18-36-31(34)35/h4-9,11-15,17,21,25,27-28H,10,16,18-20H2,1-3H3,(H,37,41)(H,38,42)(H,39,43)(H4,34,35,36)/t25-,27?,28?/m0/s1. The summed E-state index contributed by atoms with van der Waals surface area (Å²) in [6.45, 7) is 5.48. The summed E-state index contributed by atoms with van der Waals surface area (Å²) in [4.78, 5) is 55.9. The number of nitrogens with zero attached hydrogens (tertiary/aromatic N) is 1. The number of carbonyl (C=O) groups excluding carboxylic acids is 4. The van der Waals surface area contributed by atoms with Crippen LogP contribution in [0.25, 0.3) is 10.8 Å². The van der Waals surface area contributed by atoms with E-state index in [1.165, 1.54) is 0 Å². The highest BCUT2D eigenvalue weighted by Gasteiger charge is 2.30. The van der Waals surface area contributed by atoms with Crippen molar-refractivity contribution >= 4 is 40.9 Å². The molecule has 2 unspecified atom stereocenters. The number of amides is 3. The van der Waals surface area contributed by atoms with Crippen molar-refractivity contribution in [3.8, 4) is 0 Å². The fourth-order valence-electron chi connectivity index (χ4n) is 4.66. The summed E-state index contributed by atoms with van der Waals surface area (Å²) in [5.41, 5.74) is 11.6. The maximum absolute atomic E-state index is 13.8. The predicted molar refractivity (Wildman–Crippen MR) is 171 cm³/mol. The molecule has 0 radical (unpaired) electrons. The van der Waals surface area contributed by atoms with E-state index in [0.717, 1.165) is 21.9 Å². The molecule has 3 rings (SSSR count). The minimum absolute atomic E-state index is 0.0559. The van der Waals surface area contributed by atoms with Crippen LogP contribution >= 0.6 is 0 Å². The van der Waals surface area contributed by atoms with Crippen LogP contribution in [-0.4, -0.2) is 60.4 Å². The summed E-state index contributed by atoms with van der Waals surface area (Å²) in [5.74, 6) is -1.17. The molecule has 0 bridgehead atoms. The molecule has 0 aliphatic carbocycles. The Bertz CT molecular complexity index is 1440. The highest BCUT2D eigenvalue weighted by Crippen LogP contribution is 2.20. The van der Waals surface area contributed by atoms with Crippen molar-refractivity contribution in [2.75, 3.05) is 6.54 Å². The monoisotopic (exact) mass is 602 g/mol. The number of aldehydes is 1. The Morgan fingerprint density at radius 1 is 0.841 bits per heavy atom. The van der Waals surface area contributed by atoms with E-state index < -0.39 is 41.6 Å². The van der Waals surface area contributed by atoms with E-state index in [1.54, 1.807) is 20.8 Å². The second-order valence-electron chi connectivity index (χ2n) is 11.5. The van der Waals surface area contributed by atoms with Gasteiger partial charge in [-0.15, -0.1) is 0 Å². The van der Waals surface area contributed by atoms with E-state index in [9.17, 15) is 19.2 Å². The maximum atomic E-state index is 13.8. The van der Waals surface area contributed by atoms with Crippen LogP contribution in [0.1, 0.15) is 44.7 Å². The van der Waals surface area contributed by atoms with Gasteiger partial charge >= 0.3 is 6.09 Å². The second-order valence-corrected chi connectivity index (χ2v) is 11.5. The number of fused-ring (bicyclic) bond motifs is 1. The molecule has 0 saturated heterocycles. The molecule has 0 heterocycles. The Morgan fingerprint density at radius 3 is 2.16 bits per heavy atom. The van der Waals surface area contributed by atoms with E-state index in [0.29, 0.717) is 25.7 Å². The maximum Gasteiger partial charge on any atom is 0.408 e. The van der Waals surface area contributed by atoms with Crippen LogP contribution in [0.15, 0.2) is 77.8 Å². The van der Waals surface area contributed by atoms with Crippen LogP contribution in [0.2, 0.25) is 0 Å². The molecule has 0 fully saturated rings. The van der Waals surface area contributed by atoms with E-state index in [2.05, 4.69) is 20.9 Å². The van der Waals surface area contributed by atoms with Crippen LogP contribution < -0.4 is 27.4 Å². The summed E-state index contributed by atoms with van der Waals surface area (Å²) in [6, 6.07) is 19.8. The SMILES string of the molecule is CC(C)(C)OC(=O)NC(Cc1ccccc1)C(=O)NC(Cc1cccc2ccccc12)C(=O)N[C@H](C=O)CCCN=C(N)N. The Labute approximate surface area is 257 Å². The average Bonchev–Trinajstić information content (AvgIpc) is 2.97. The summed E-state index contributed by atoms with van der Waals surface area (Å²) in [7, 11) is 0. The van der Waals surface area contributed by atoms with Crippen molar-refractivity contribution in [2.45, 2.75) is 70.2 Å². The normalized spacial score (nSPS) is 13.2. The molecule has 0 aromatic heterocycles. The molecule has 0 aliphatic heterocycles. The molecule has 3 atom stereocenters. The Balaban J connectivity index is 1.87. The Hall–Kier alpha value is -4.93. The average molecular weight is 603 g/mol. The zero-order valence-electron chi connectivity index (χ0n) is 25.4. The first kappa shape index (κ1) is 33.6. The number of guanidine groups is 1. The predicted octanol–water partition coefficient (Wildman–Crippen LogP) is 2.74. The van der Waals surface area contributed by atoms with Crippen molar-refractivity contribution in [1.29, 1.82) is 0 Å². The lowest BCUT2D eigenvalue weighted by Crippen LogP contribution is -2.56. The zero-order chi connectivity index (χ0) is 32.1. The highest BCUT2D eigenvalue weighted by atomic mass is 16.6. The Kier molecular flexibility index (Phi) is 12.3. The Morgan fingerprint density at radius 2 is 1.48 bits per heavy atom. The largest absolute Gasteiger partial charge is 0.444 e. The molecule has 3 amide bonds. The number of benzene rings is 3. The summed E-state index contributed by atoms with van der Waals surface area (Å²) in [6.07, 6.45) is 0.954. The fraction of sp³-hybridized carbons (Fsp3) is 0.364. The van der Waals surface area contributed by atoms with Crippen LogP contribution in [0.3, 0.4) is 0 Å². The smallest absolute Gasteiger partial charge is 0.408 e. The van der Waals surface area contributed by atoms with Crippen LogP contribution in [-0.2, 0) is 32.0 Å². The third-order valence-electron chi connectivity index (χ3n) is 6.69. The van der Waals surface area contributed by atoms with Crippen molar-refractivity contribution in [1.82, 2.24) is 16.0 Å². The summed E-state index contributed by atoms with van der Waals surface area (Å²) in [5, 5.41) is 10.2. The highest BCUT2D eigenvalue weighted by molar-refractivity contribution is 5.93. The van der Waals surface area contributed by atoms with Gasteiger partial charge in [-0.3, -0.25) is 14.6 Å². The number of nitrogens with one attached hydrogen (secondary N) is 3. The molecule has 234 valence electrons. The van der Waals surface area contributed by atoms with E-state index >= 15 is 0 Å². The molecule has 0 saturated carbocycles. The lowest BCUT2D eigenvalue weighted by atomic mass is 9.97.